The normalized spacial score (nSPS) is 21.4. The van der Waals surface area contributed by atoms with E-state index in [1.54, 1.807) is 59.7 Å². The molecule has 3 aromatic carbocycles. The number of halogens is 3. The van der Waals surface area contributed by atoms with Crippen molar-refractivity contribution in [3.8, 4) is 11.3 Å². The summed E-state index contributed by atoms with van der Waals surface area (Å²) in [6, 6.07) is 24.3. The van der Waals surface area contributed by atoms with Gasteiger partial charge in [-0.15, -0.1) is 0 Å². The Bertz CT molecular complexity index is 1470. The van der Waals surface area contributed by atoms with Gasteiger partial charge in [-0.25, -0.2) is 9.96 Å². The van der Waals surface area contributed by atoms with Crippen LogP contribution >= 0.6 is 39.1 Å². The van der Waals surface area contributed by atoms with Crippen LogP contribution in [0.4, 0.5) is 11.4 Å². The molecule has 2 aliphatic rings. The SMILES string of the molecule is O=C1C2ON(c3ccccc3)C(c3ccc(-c4cc(Cl)ccc4Cl)o3)C2C(=O)N1c1ccc(Br)cc1. The molecular weight excluding hydrogens is 567 g/mol. The molecule has 3 atom stereocenters. The molecule has 4 aromatic rings. The van der Waals surface area contributed by atoms with Crippen LogP contribution in [-0.2, 0) is 14.4 Å². The van der Waals surface area contributed by atoms with Crippen molar-refractivity contribution in [3.05, 3.63) is 105 Å². The molecule has 0 N–H and O–H groups in total. The van der Waals surface area contributed by atoms with Crippen LogP contribution in [0.2, 0.25) is 10.0 Å². The van der Waals surface area contributed by atoms with Crippen molar-refractivity contribution in [2.75, 3.05) is 9.96 Å². The second kappa shape index (κ2) is 9.09. The van der Waals surface area contributed by atoms with E-state index in [0.29, 0.717) is 38.5 Å². The number of fused-ring (bicyclic) bond motifs is 1. The Hall–Kier alpha value is -3.10. The highest BCUT2D eigenvalue weighted by molar-refractivity contribution is 9.10. The number of imide groups is 1. The van der Waals surface area contributed by atoms with E-state index < -0.39 is 24.0 Å². The predicted octanol–water partition coefficient (Wildman–Crippen LogP) is 7.07. The highest BCUT2D eigenvalue weighted by Crippen LogP contribution is 2.48. The summed E-state index contributed by atoms with van der Waals surface area (Å²) in [5.41, 5.74) is 1.82. The minimum Gasteiger partial charge on any atom is -0.459 e. The zero-order valence-corrected chi connectivity index (χ0v) is 21.6. The van der Waals surface area contributed by atoms with Gasteiger partial charge in [0.05, 0.1) is 16.4 Å². The Morgan fingerprint density at radius 2 is 1.56 bits per heavy atom. The average molecular weight is 584 g/mol. The number of para-hydroxylation sites is 1. The maximum Gasteiger partial charge on any atom is 0.266 e. The predicted molar refractivity (Wildman–Crippen MR) is 141 cm³/mol. The standard InChI is InChI=1S/C27H17BrCl2N2O4/c28-15-6-9-17(10-7-15)31-26(33)23-24(32(36-25(23)27(31)34)18-4-2-1-3-5-18)22-13-12-21(35-22)19-14-16(29)8-11-20(19)30/h1-14,23-25H. The first kappa shape index (κ1) is 23.3. The molecule has 6 rings (SSSR count). The number of hydrogen-bond acceptors (Lipinski definition) is 5. The second-order valence-electron chi connectivity index (χ2n) is 8.47. The Kier molecular flexibility index (Phi) is 5.88. The summed E-state index contributed by atoms with van der Waals surface area (Å²) in [6.07, 6.45) is -0.991. The van der Waals surface area contributed by atoms with E-state index in [0.717, 1.165) is 4.47 Å². The first-order valence-electron chi connectivity index (χ1n) is 11.1. The minimum absolute atomic E-state index is 0.352. The van der Waals surface area contributed by atoms with Crippen molar-refractivity contribution in [1.82, 2.24) is 0 Å². The number of carbonyl (C=O) groups excluding carboxylic acids is 2. The fourth-order valence-electron chi connectivity index (χ4n) is 4.69. The number of carbonyl (C=O) groups is 2. The van der Waals surface area contributed by atoms with E-state index in [9.17, 15) is 9.59 Å². The van der Waals surface area contributed by atoms with Crippen LogP contribution in [0.15, 0.2) is 93.8 Å². The van der Waals surface area contributed by atoms with Crippen molar-refractivity contribution < 1.29 is 18.8 Å². The monoisotopic (exact) mass is 582 g/mol. The Morgan fingerprint density at radius 3 is 2.31 bits per heavy atom. The van der Waals surface area contributed by atoms with Gasteiger partial charge in [0, 0.05) is 15.1 Å². The molecule has 2 fully saturated rings. The maximum atomic E-state index is 13.7. The third kappa shape index (κ3) is 3.83. The third-order valence-electron chi connectivity index (χ3n) is 6.32. The molecular formula is C27H17BrCl2N2O4. The summed E-state index contributed by atoms with van der Waals surface area (Å²) in [5.74, 6) is -0.614. The number of nitrogens with zero attached hydrogens (tertiary/aromatic N) is 2. The molecule has 36 heavy (non-hydrogen) atoms. The molecule has 180 valence electrons. The summed E-state index contributed by atoms with van der Waals surface area (Å²) in [6.45, 7) is 0. The van der Waals surface area contributed by atoms with Crippen molar-refractivity contribution in [3.63, 3.8) is 0 Å². The smallest absolute Gasteiger partial charge is 0.266 e. The Balaban J connectivity index is 1.43. The first-order chi connectivity index (χ1) is 17.4. The van der Waals surface area contributed by atoms with Gasteiger partial charge in [0.15, 0.2) is 6.10 Å². The van der Waals surface area contributed by atoms with Crippen LogP contribution in [0.25, 0.3) is 11.3 Å². The van der Waals surface area contributed by atoms with Crippen LogP contribution < -0.4 is 9.96 Å². The molecule has 0 aliphatic carbocycles. The Morgan fingerprint density at radius 1 is 0.806 bits per heavy atom. The van der Waals surface area contributed by atoms with Crippen molar-refractivity contribution >= 4 is 62.3 Å². The molecule has 2 aliphatic heterocycles. The zero-order chi connectivity index (χ0) is 25.0. The number of benzene rings is 3. The van der Waals surface area contributed by atoms with E-state index in [2.05, 4.69) is 15.9 Å². The Labute approximate surface area is 225 Å². The molecule has 3 heterocycles. The summed E-state index contributed by atoms with van der Waals surface area (Å²) < 4.78 is 7.08. The molecule has 9 heteroatoms. The largest absolute Gasteiger partial charge is 0.459 e. The quantitative estimate of drug-likeness (QED) is 0.240. The van der Waals surface area contributed by atoms with E-state index in [1.807, 2.05) is 30.3 Å². The average Bonchev–Trinajstić information content (AvgIpc) is 3.57. The van der Waals surface area contributed by atoms with Crippen LogP contribution in [0.1, 0.15) is 11.8 Å². The topological polar surface area (TPSA) is 63.0 Å². The fourth-order valence-corrected chi connectivity index (χ4v) is 5.34. The molecule has 3 unspecified atom stereocenters. The van der Waals surface area contributed by atoms with Crippen molar-refractivity contribution in [2.24, 2.45) is 5.92 Å². The van der Waals surface area contributed by atoms with Crippen LogP contribution in [0.3, 0.4) is 0 Å². The summed E-state index contributed by atoms with van der Waals surface area (Å²) in [7, 11) is 0. The fraction of sp³-hybridized carbons (Fsp3) is 0.111. The second-order valence-corrected chi connectivity index (χ2v) is 10.2. The molecule has 2 saturated heterocycles. The molecule has 1 aromatic heterocycles. The number of furan rings is 1. The number of hydroxylamine groups is 1. The van der Waals surface area contributed by atoms with E-state index in [-0.39, 0.29) is 5.91 Å². The number of rotatable bonds is 4. The van der Waals surface area contributed by atoms with E-state index >= 15 is 0 Å². The maximum absolute atomic E-state index is 13.7. The van der Waals surface area contributed by atoms with Gasteiger partial charge in [-0.2, -0.15) is 0 Å². The third-order valence-corrected chi connectivity index (χ3v) is 7.42. The van der Waals surface area contributed by atoms with Crippen molar-refractivity contribution in [2.45, 2.75) is 12.1 Å². The van der Waals surface area contributed by atoms with Gasteiger partial charge in [-0.05, 0) is 66.7 Å². The van der Waals surface area contributed by atoms with Crippen LogP contribution in [0, 0.1) is 5.92 Å². The number of hydrogen-bond donors (Lipinski definition) is 0. The summed E-state index contributed by atoms with van der Waals surface area (Å²) in [5, 5.41) is 2.59. The molecule has 0 saturated carbocycles. The van der Waals surface area contributed by atoms with Gasteiger partial charge in [0.25, 0.3) is 5.91 Å². The van der Waals surface area contributed by atoms with Gasteiger partial charge in [-0.1, -0.05) is 57.3 Å². The molecule has 6 nitrogen and oxygen atoms in total. The summed E-state index contributed by atoms with van der Waals surface area (Å²) in [4.78, 5) is 34.5. The van der Waals surface area contributed by atoms with Gasteiger partial charge in [0.2, 0.25) is 5.91 Å². The van der Waals surface area contributed by atoms with Gasteiger partial charge < -0.3 is 4.42 Å². The van der Waals surface area contributed by atoms with Crippen LogP contribution in [0.5, 0.6) is 0 Å². The van der Waals surface area contributed by atoms with Gasteiger partial charge >= 0.3 is 0 Å². The molecule has 0 bridgehead atoms. The highest BCUT2D eigenvalue weighted by Gasteiger charge is 2.61. The lowest BCUT2D eigenvalue weighted by atomic mass is 9.94. The lowest BCUT2D eigenvalue weighted by molar-refractivity contribution is -0.126. The summed E-state index contributed by atoms with van der Waals surface area (Å²) >= 11 is 16.0. The van der Waals surface area contributed by atoms with E-state index in [4.69, 9.17) is 32.5 Å². The molecule has 2 amide bonds. The first-order valence-corrected chi connectivity index (χ1v) is 12.7. The van der Waals surface area contributed by atoms with E-state index in [1.165, 1.54) is 4.90 Å². The lowest BCUT2D eigenvalue weighted by Crippen LogP contribution is -2.37. The van der Waals surface area contributed by atoms with Crippen LogP contribution in [-0.4, -0.2) is 17.9 Å². The minimum atomic E-state index is -0.991. The highest BCUT2D eigenvalue weighted by atomic mass is 79.9. The van der Waals surface area contributed by atoms with Crippen molar-refractivity contribution in [1.29, 1.82) is 0 Å². The van der Waals surface area contributed by atoms with Gasteiger partial charge in [0.1, 0.15) is 23.5 Å². The van der Waals surface area contributed by atoms with Gasteiger partial charge in [-0.3, -0.25) is 14.4 Å². The zero-order valence-electron chi connectivity index (χ0n) is 18.5. The molecule has 0 radical (unpaired) electrons. The number of amides is 2. The molecule has 0 spiro atoms. The number of anilines is 2. The lowest BCUT2D eigenvalue weighted by Gasteiger charge is -2.27.